The van der Waals surface area contributed by atoms with Crippen molar-refractivity contribution >= 4 is 23.4 Å². The third-order valence-electron chi connectivity index (χ3n) is 2.32. The molecule has 0 heterocycles. The molecule has 0 spiro atoms. The summed E-state index contributed by atoms with van der Waals surface area (Å²) < 4.78 is 18.0. The zero-order chi connectivity index (χ0) is 13.7. The summed E-state index contributed by atoms with van der Waals surface area (Å²) in [6.07, 6.45) is -0.243. The standard InChI is InChI=1S/C12H12ClFO4/c1-18-10-4-2-7(14)6-8(10)12(17)9(13)3-5-11(15)16/h2,4,6,9H,3,5H2,1H3,(H,15,16). The Morgan fingerprint density at radius 2 is 2.17 bits per heavy atom. The monoisotopic (exact) mass is 274 g/mol. The summed E-state index contributed by atoms with van der Waals surface area (Å²) in [5, 5.41) is 7.49. The first-order chi connectivity index (χ1) is 8.45. The number of carboxylic acid groups (broad SMARTS) is 1. The smallest absolute Gasteiger partial charge is 0.303 e. The molecule has 4 nitrogen and oxygen atoms in total. The maximum atomic E-state index is 13.1. The largest absolute Gasteiger partial charge is 0.496 e. The number of hydrogen-bond acceptors (Lipinski definition) is 3. The van der Waals surface area contributed by atoms with Crippen LogP contribution in [0.15, 0.2) is 18.2 Å². The molecule has 0 bridgehead atoms. The van der Waals surface area contributed by atoms with Crippen LogP contribution in [0.25, 0.3) is 0 Å². The van der Waals surface area contributed by atoms with E-state index in [1.807, 2.05) is 0 Å². The number of carbonyl (C=O) groups is 2. The Kier molecular flexibility index (Phi) is 5.09. The van der Waals surface area contributed by atoms with Crippen LogP contribution in [0.1, 0.15) is 23.2 Å². The van der Waals surface area contributed by atoms with E-state index in [4.69, 9.17) is 21.4 Å². The molecule has 1 aromatic carbocycles. The summed E-state index contributed by atoms with van der Waals surface area (Å²) in [6, 6.07) is 3.51. The molecule has 0 aliphatic rings. The number of carbonyl (C=O) groups excluding carboxylic acids is 1. The molecule has 98 valence electrons. The summed E-state index contributed by atoms with van der Waals surface area (Å²) in [6.45, 7) is 0. The van der Waals surface area contributed by atoms with Gasteiger partial charge in [0.05, 0.1) is 18.1 Å². The number of hydrogen-bond donors (Lipinski definition) is 1. The molecule has 0 aliphatic carbocycles. The zero-order valence-electron chi connectivity index (χ0n) is 9.65. The average Bonchev–Trinajstić information content (AvgIpc) is 2.34. The number of carboxylic acids is 1. The molecule has 0 fully saturated rings. The highest BCUT2D eigenvalue weighted by molar-refractivity contribution is 6.34. The molecule has 1 unspecified atom stereocenters. The van der Waals surface area contributed by atoms with Gasteiger partial charge in [-0.05, 0) is 24.6 Å². The van der Waals surface area contributed by atoms with Gasteiger partial charge in [-0.25, -0.2) is 4.39 Å². The number of rotatable bonds is 6. The Morgan fingerprint density at radius 1 is 1.50 bits per heavy atom. The van der Waals surface area contributed by atoms with Crippen LogP contribution in [0.3, 0.4) is 0 Å². The minimum Gasteiger partial charge on any atom is -0.496 e. The van der Waals surface area contributed by atoms with Crippen LogP contribution in [0.4, 0.5) is 4.39 Å². The molecule has 0 radical (unpaired) electrons. The van der Waals surface area contributed by atoms with E-state index in [1.165, 1.54) is 13.2 Å². The van der Waals surface area contributed by atoms with E-state index < -0.39 is 22.9 Å². The van der Waals surface area contributed by atoms with E-state index in [-0.39, 0.29) is 24.2 Å². The van der Waals surface area contributed by atoms with Crippen LogP contribution >= 0.6 is 11.6 Å². The van der Waals surface area contributed by atoms with Gasteiger partial charge in [-0.15, -0.1) is 11.6 Å². The van der Waals surface area contributed by atoms with Crippen LogP contribution in [0.5, 0.6) is 5.75 Å². The fourth-order valence-corrected chi connectivity index (χ4v) is 1.65. The highest BCUT2D eigenvalue weighted by atomic mass is 35.5. The van der Waals surface area contributed by atoms with Crippen LogP contribution in [-0.4, -0.2) is 29.3 Å². The average molecular weight is 275 g/mol. The molecule has 18 heavy (non-hydrogen) atoms. The Bertz CT molecular complexity index is 461. The van der Waals surface area contributed by atoms with Crippen LogP contribution < -0.4 is 4.74 Å². The Labute approximate surface area is 108 Å². The molecule has 1 atom stereocenters. The van der Waals surface area contributed by atoms with Crippen molar-refractivity contribution in [3.63, 3.8) is 0 Å². The Balaban J connectivity index is 2.88. The predicted molar refractivity (Wildman–Crippen MR) is 63.8 cm³/mol. The van der Waals surface area contributed by atoms with Crippen molar-refractivity contribution in [3.8, 4) is 5.75 Å². The van der Waals surface area contributed by atoms with E-state index in [1.54, 1.807) is 0 Å². The number of alkyl halides is 1. The van der Waals surface area contributed by atoms with Gasteiger partial charge < -0.3 is 9.84 Å². The third kappa shape index (κ3) is 3.70. The number of Topliss-reactive ketones (excluding diaryl/α,β-unsaturated/α-hetero) is 1. The van der Waals surface area contributed by atoms with Gasteiger partial charge in [0.15, 0.2) is 5.78 Å². The van der Waals surface area contributed by atoms with Crippen LogP contribution in [-0.2, 0) is 4.79 Å². The first kappa shape index (κ1) is 14.4. The SMILES string of the molecule is COc1ccc(F)cc1C(=O)C(Cl)CCC(=O)O. The van der Waals surface area contributed by atoms with Crippen molar-refractivity contribution in [2.45, 2.75) is 18.2 Å². The predicted octanol–water partition coefficient (Wildman–Crippen LogP) is 2.49. The van der Waals surface area contributed by atoms with Gasteiger partial charge in [0, 0.05) is 6.42 Å². The second kappa shape index (κ2) is 6.35. The topological polar surface area (TPSA) is 63.6 Å². The summed E-state index contributed by atoms with van der Waals surface area (Å²) in [5.74, 6) is -1.96. The summed E-state index contributed by atoms with van der Waals surface area (Å²) in [7, 11) is 1.35. The fourth-order valence-electron chi connectivity index (χ4n) is 1.42. The lowest BCUT2D eigenvalue weighted by atomic mass is 10.0. The van der Waals surface area contributed by atoms with E-state index in [2.05, 4.69) is 0 Å². The molecule has 0 saturated carbocycles. The van der Waals surface area contributed by atoms with Gasteiger partial charge >= 0.3 is 5.97 Å². The van der Waals surface area contributed by atoms with Crippen molar-refractivity contribution in [1.29, 1.82) is 0 Å². The second-order valence-electron chi connectivity index (χ2n) is 3.61. The Hall–Kier alpha value is -1.62. The first-order valence-corrected chi connectivity index (χ1v) is 5.63. The molecule has 6 heteroatoms. The van der Waals surface area contributed by atoms with Gasteiger partial charge in [0.1, 0.15) is 11.6 Å². The molecular formula is C12H12ClFO4. The maximum absolute atomic E-state index is 13.1. The lowest BCUT2D eigenvalue weighted by Crippen LogP contribution is -2.17. The molecule has 0 aliphatic heterocycles. The Morgan fingerprint density at radius 3 is 2.72 bits per heavy atom. The first-order valence-electron chi connectivity index (χ1n) is 5.19. The number of halogens is 2. The van der Waals surface area contributed by atoms with Crippen molar-refractivity contribution in [3.05, 3.63) is 29.6 Å². The summed E-state index contributed by atoms with van der Waals surface area (Å²) in [5.41, 5.74) is 0.0166. The van der Waals surface area contributed by atoms with Crippen molar-refractivity contribution in [2.24, 2.45) is 0 Å². The number of benzene rings is 1. The zero-order valence-corrected chi connectivity index (χ0v) is 10.4. The van der Waals surface area contributed by atoms with Gasteiger partial charge in [-0.1, -0.05) is 0 Å². The molecule has 1 aromatic rings. The molecule has 0 aromatic heterocycles. The van der Waals surface area contributed by atoms with E-state index in [9.17, 15) is 14.0 Å². The van der Waals surface area contributed by atoms with Crippen molar-refractivity contribution in [2.75, 3.05) is 7.11 Å². The molecule has 1 N–H and O–H groups in total. The lowest BCUT2D eigenvalue weighted by molar-refractivity contribution is -0.137. The highest BCUT2D eigenvalue weighted by Crippen LogP contribution is 2.23. The number of aliphatic carboxylic acids is 1. The molecule has 0 amide bonds. The highest BCUT2D eigenvalue weighted by Gasteiger charge is 2.22. The normalized spacial score (nSPS) is 11.9. The number of ketones is 1. The quantitative estimate of drug-likeness (QED) is 0.639. The van der Waals surface area contributed by atoms with E-state index >= 15 is 0 Å². The second-order valence-corrected chi connectivity index (χ2v) is 4.14. The van der Waals surface area contributed by atoms with E-state index in [0.29, 0.717) is 0 Å². The lowest BCUT2D eigenvalue weighted by Gasteiger charge is -2.11. The minimum absolute atomic E-state index is 0.0166. The summed E-state index contributed by atoms with van der Waals surface area (Å²) in [4.78, 5) is 22.3. The molecule has 0 saturated heterocycles. The van der Waals surface area contributed by atoms with Gasteiger partial charge in [0.25, 0.3) is 0 Å². The number of methoxy groups -OCH3 is 1. The fraction of sp³-hybridized carbons (Fsp3) is 0.333. The van der Waals surface area contributed by atoms with Gasteiger partial charge in [-0.2, -0.15) is 0 Å². The van der Waals surface area contributed by atoms with Crippen LogP contribution in [0.2, 0.25) is 0 Å². The van der Waals surface area contributed by atoms with Gasteiger partial charge in [0.2, 0.25) is 0 Å². The summed E-state index contributed by atoms with van der Waals surface area (Å²) >= 11 is 5.80. The molecule has 1 rings (SSSR count). The van der Waals surface area contributed by atoms with Crippen molar-refractivity contribution in [1.82, 2.24) is 0 Å². The van der Waals surface area contributed by atoms with E-state index in [0.717, 1.165) is 12.1 Å². The molecular weight excluding hydrogens is 263 g/mol. The van der Waals surface area contributed by atoms with Gasteiger partial charge in [-0.3, -0.25) is 9.59 Å². The minimum atomic E-state index is -1.04. The van der Waals surface area contributed by atoms with Crippen molar-refractivity contribution < 1.29 is 23.8 Å². The third-order valence-corrected chi connectivity index (χ3v) is 2.74. The maximum Gasteiger partial charge on any atom is 0.303 e. The van der Waals surface area contributed by atoms with Crippen LogP contribution in [0, 0.1) is 5.82 Å². The number of ether oxygens (including phenoxy) is 1.